The highest BCUT2D eigenvalue weighted by atomic mass is 32.2. The summed E-state index contributed by atoms with van der Waals surface area (Å²) in [7, 11) is -3.36. The molecule has 21 heavy (non-hydrogen) atoms. The minimum Gasteiger partial charge on any atom is -0.316 e. The van der Waals surface area contributed by atoms with Crippen LogP contribution in [0.2, 0.25) is 0 Å². The number of hydrogen-bond acceptors (Lipinski definition) is 3. The predicted molar refractivity (Wildman–Crippen MR) is 83.7 cm³/mol. The van der Waals surface area contributed by atoms with E-state index in [0.717, 1.165) is 44.3 Å². The van der Waals surface area contributed by atoms with Gasteiger partial charge in [-0.1, -0.05) is 18.2 Å². The number of sulfonamides is 1. The molecule has 0 aromatic heterocycles. The summed E-state index contributed by atoms with van der Waals surface area (Å²) < 4.78 is 27.6. The number of benzene rings is 1. The number of aryl methyl sites for hydroxylation is 1. The van der Waals surface area contributed by atoms with Gasteiger partial charge in [-0.15, -0.1) is 0 Å². The third-order valence-corrected chi connectivity index (χ3v) is 6.90. The van der Waals surface area contributed by atoms with Crippen LogP contribution in [0.15, 0.2) is 29.2 Å². The molecular weight excluding hydrogens is 284 g/mol. The molecular formula is C16H24N2O2S. The van der Waals surface area contributed by atoms with E-state index in [2.05, 4.69) is 5.32 Å². The number of piperidine rings is 2. The quantitative estimate of drug-likeness (QED) is 0.911. The van der Waals surface area contributed by atoms with Gasteiger partial charge in [-0.2, -0.15) is 4.31 Å². The lowest BCUT2D eigenvalue weighted by Crippen LogP contribution is -2.52. The predicted octanol–water partition coefficient (Wildman–Crippen LogP) is 2.15. The van der Waals surface area contributed by atoms with Crippen molar-refractivity contribution < 1.29 is 8.42 Å². The normalized spacial score (nSPS) is 27.9. The topological polar surface area (TPSA) is 49.4 Å². The van der Waals surface area contributed by atoms with Crippen LogP contribution in [-0.4, -0.2) is 38.9 Å². The number of hydrogen-bond donors (Lipinski definition) is 1. The second-order valence-electron chi connectivity index (χ2n) is 6.49. The minimum atomic E-state index is -3.36. The molecule has 4 nitrogen and oxygen atoms in total. The van der Waals surface area contributed by atoms with Gasteiger partial charge in [0, 0.05) is 19.6 Å². The van der Waals surface area contributed by atoms with Crippen LogP contribution in [-0.2, 0) is 10.0 Å². The van der Waals surface area contributed by atoms with Gasteiger partial charge in [0.05, 0.1) is 4.90 Å². The van der Waals surface area contributed by atoms with Crippen LogP contribution < -0.4 is 5.32 Å². The Morgan fingerprint density at radius 3 is 2.67 bits per heavy atom. The average Bonchev–Trinajstić information content (AvgIpc) is 2.48. The van der Waals surface area contributed by atoms with Crippen molar-refractivity contribution in [1.29, 1.82) is 0 Å². The van der Waals surface area contributed by atoms with E-state index in [9.17, 15) is 8.42 Å². The first kappa shape index (κ1) is 15.0. The lowest BCUT2D eigenvalue weighted by atomic mass is 9.75. The monoisotopic (exact) mass is 308 g/mol. The summed E-state index contributed by atoms with van der Waals surface area (Å²) in [4.78, 5) is 0.464. The molecule has 116 valence electrons. The smallest absolute Gasteiger partial charge is 0.243 e. The van der Waals surface area contributed by atoms with E-state index in [1.165, 1.54) is 0 Å². The Kier molecular flexibility index (Phi) is 4.08. The highest BCUT2D eigenvalue weighted by Gasteiger charge is 2.40. The van der Waals surface area contributed by atoms with Crippen LogP contribution in [0.3, 0.4) is 0 Å². The van der Waals surface area contributed by atoms with Gasteiger partial charge in [0.2, 0.25) is 10.0 Å². The molecule has 1 aromatic rings. The number of nitrogens with zero attached hydrogens (tertiary/aromatic N) is 1. The summed E-state index contributed by atoms with van der Waals surface area (Å²) in [5, 5.41) is 3.45. The first-order valence-corrected chi connectivity index (χ1v) is 9.24. The number of rotatable bonds is 2. The fourth-order valence-corrected chi connectivity index (χ4v) is 5.55. The molecule has 2 fully saturated rings. The zero-order valence-electron chi connectivity index (χ0n) is 12.6. The first-order valence-electron chi connectivity index (χ1n) is 7.80. The molecule has 3 rings (SSSR count). The van der Waals surface area contributed by atoms with Gasteiger partial charge < -0.3 is 5.32 Å². The van der Waals surface area contributed by atoms with Gasteiger partial charge in [-0.3, -0.25) is 0 Å². The van der Waals surface area contributed by atoms with Crippen molar-refractivity contribution in [2.45, 2.75) is 37.5 Å². The minimum absolute atomic E-state index is 0.145. The molecule has 0 radical (unpaired) electrons. The molecule has 1 unspecified atom stereocenters. The second kappa shape index (κ2) is 5.71. The van der Waals surface area contributed by atoms with Crippen molar-refractivity contribution in [2.24, 2.45) is 5.41 Å². The Labute approximate surface area is 127 Å². The second-order valence-corrected chi connectivity index (χ2v) is 8.39. The molecule has 0 aliphatic carbocycles. The molecule has 0 amide bonds. The fourth-order valence-electron chi connectivity index (χ4n) is 3.73. The van der Waals surface area contributed by atoms with Gasteiger partial charge >= 0.3 is 0 Å². The summed E-state index contributed by atoms with van der Waals surface area (Å²) in [5.74, 6) is 0. The van der Waals surface area contributed by atoms with Crippen LogP contribution in [0.5, 0.6) is 0 Å². The Morgan fingerprint density at radius 2 is 1.95 bits per heavy atom. The third-order valence-electron chi connectivity index (χ3n) is 4.90. The Bertz CT molecular complexity index is 601. The highest BCUT2D eigenvalue weighted by molar-refractivity contribution is 7.89. The third kappa shape index (κ3) is 2.87. The molecule has 5 heteroatoms. The zero-order valence-corrected chi connectivity index (χ0v) is 13.5. The van der Waals surface area contributed by atoms with Crippen LogP contribution in [0.25, 0.3) is 0 Å². The van der Waals surface area contributed by atoms with E-state index in [0.29, 0.717) is 18.0 Å². The Balaban J connectivity index is 1.87. The zero-order chi connectivity index (χ0) is 14.9. The fraction of sp³-hybridized carbons (Fsp3) is 0.625. The maximum atomic E-state index is 12.9. The first-order chi connectivity index (χ1) is 10.0. The lowest BCUT2D eigenvalue weighted by molar-refractivity contribution is 0.110. The number of nitrogens with one attached hydrogen (secondary N) is 1. The van der Waals surface area contributed by atoms with E-state index in [1.54, 1.807) is 10.4 Å². The maximum Gasteiger partial charge on any atom is 0.243 e. The molecule has 2 saturated heterocycles. The molecule has 2 aliphatic rings. The van der Waals surface area contributed by atoms with Crippen LogP contribution in [0.1, 0.15) is 31.2 Å². The van der Waals surface area contributed by atoms with Gasteiger partial charge in [0.1, 0.15) is 0 Å². The SMILES string of the molecule is Cc1ccccc1S(=O)(=O)N1CCCC2(CCCNC2)C1. The molecule has 0 saturated carbocycles. The van der Waals surface area contributed by atoms with E-state index in [-0.39, 0.29) is 5.41 Å². The summed E-state index contributed by atoms with van der Waals surface area (Å²) in [5.41, 5.74) is 0.977. The van der Waals surface area contributed by atoms with Crippen LogP contribution in [0.4, 0.5) is 0 Å². The van der Waals surface area contributed by atoms with Crippen molar-refractivity contribution in [3.05, 3.63) is 29.8 Å². The Morgan fingerprint density at radius 1 is 1.19 bits per heavy atom. The molecule has 0 bridgehead atoms. The van der Waals surface area contributed by atoms with Crippen LogP contribution >= 0.6 is 0 Å². The van der Waals surface area contributed by atoms with Crippen molar-refractivity contribution in [2.75, 3.05) is 26.2 Å². The highest BCUT2D eigenvalue weighted by Crippen LogP contribution is 2.38. The molecule has 1 atom stereocenters. The maximum absolute atomic E-state index is 12.9. The van der Waals surface area contributed by atoms with Crippen molar-refractivity contribution >= 4 is 10.0 Å². The summed E-state index contributed by atoms with van der Waals surface area (Å²) in [6, 6.07) is 7.29. The summed E-state index contributed by atoms with van der Waals surface area (Å²) in [6.07, 6.45) is 4.39. The van der Waals surface area contributed by atoms with Crippen LogP contribution in [0, 0.1) is 12.3 Å². The van der Waals surface area contributed by atoms with Crippen molar-refractivity contribution in [3.63, 3.8) is 0 Å². The van der Waals surface area contributed by atoms with Gasteiger partial charge in [-0.25, -0.2) is 8.42 Å². The summed E-state index contributed by atoms with van der Waals surface area (Å²) >= 11 is 0. The standard InChI is InChI=1S/C16H24N2O2S/c1-14-6-2-3-7-15(14)21(19,20)18-11-5-9-16(13-18)8-4-10-17-12-16/h2-3,6-7,17H,4-5,8-13H2,1H3. The van der Waals surface area contributed by atoms with Crippen molar-refractivity contribution in [3.8, 4) is 0 Å². The van der Waals surface area contributed by atoms with Gasteiger partial charge in [0.25, 0.3) is 0 Å². The van der Waals surface area contributed by atoms with E-state index in [4.69, 9.17) is 0 Å². The average molecular weight is 308 g/mol. The van der Waals surface area contributed by atoms with Crippen molar-refractivity contribution in [1.82, 2.24) is 9.62 Å². The Hall–Kier alpha value is -0.910. The largest absolute Gasteiger partial charge is 0.316 e. The molecule has 1 aromatic carbocycles. The van der Waals surface area contributed by atoms with E-state index < -0.39 is 10.0 Å². The molecule has 1 spiro atoms. The van der Waals surface area contributed by atoms with Gasteiger partial charge in [0.15, 0.2) is 0 Å². The molecule has 1 N–H and O–H groups in total. The lowest BCUT2D eigenvalue weighted by Gasteiger charge is -2.44. The summed E-state index contributed by atoms with van der Waals surface area (Å²) in [6.45, 7) is 5.20. The van der Waals surface area contributed by atoms with E-state index in [1.807, 2.05) is 25.1 Å². The van der Waals surface area contributed by atoms with Gasteiger partial charge in [-0.05, 0) is 56.2 Å². The van der Waals surface area contributed by atoms with E-state index >= 15 is 0 Å². The molecule has 2 heterocycles. The molecule has 2 aliphatic heterocycles.